The molecule has 0 aromatic carbocycles. The molecule has 1 rings (SSSR count). The molecule has 15 heavy (non-hydrogen) atoms. The molecule has 0 aliphatic rings. The predicted octanol–water partition coefficient (Wildman–Crippen LogP) is 1.93. The second-order valence-corrected chi connectivity index (χ2v) is 4.40. The molecule has 0 saturated heterocycles. The average Bonchev–Trinajstić information content (AvgIpc) is 2.24. The number of halogens is 2. The molecule has 0 N–H and O–H groups in total. The Labute approximate surface area is 107 Å². The van der Waals surface area contributed by atoms with Crippen molar-refractivity contribution in [2.45, 2.75) is 19.9 Å². The predicted molar refractivity (Wildman–Crippen MR) is 67.3 cm³/mol. The Morgan fingerprint density at radius 1 is 1.60 bits per heavy atom. The molecule has 0 amide bonds. The van der Waals surface area contributed by atoms with Gasteiger partial charge in [0.1, 0.15) is 8.72 Å². The van der Waals surface area contributed by atoms with E-state index in [4.69, 9.17) is 16.3 Å². The lowest BCUT2D eigenvalue weighted by Crippen LogP contribution is -2.25. The lowest BCUT2D eigenvalue weighted by Gasteiger charge is -2.06. The summed E-state index contributed by atoms with van der Waals surface area (Å²) in [5, 5.41) is 0.256. The van der Waals surface area contributed by atoms with Crippen LogP contribution in [0, 0.1) is 3.57 Å². The minimum Gasteiger partial charge on any atom is -0.380 e. The zero-order chi connectivity index (χ0) is 11.3. The highest BCUT2D eigenvalue weighted by Crippen LogP contribution is 2.09. The van der Waals surface area contributed by atoms with E-state index in [1.54, 1.807) is 0 Å². The van der Waals surface area contributed by atoms with Gasteiger partial charge in [-0.3, -0.25) is 9.36 Å². The summed E-state index contributed by atoms with van der Waals surface area (Å²) < 4.78 is 7.24. The first kappa shape index (κ1) is 12.9. The van der Waals surface area contributed by atoms with Crippen molar-refractivity contribution in [3.8, 4) is 0 Å². The van der Waals surface area contributed by atoms with Gasteiger partial charge in [0.05, 0.1) is 19.5 Å². The summed E-state index contributed by atoms with van der Waals surface area (Å²) in [5.41, 5.74) is -0.115. The fourth-order valence-corrected chi connectivity index (χ4v) is 1.59. The van der Waals surface area contributed by atoms with Crippen molar-refractivity contribution in [2.75, 3.05) is 13.2 Å². The van der Waals surface area contributed by atoms with Gasteiger partial charge in [-0.15, -0.1) is 0 Å². The van der Waals surface area contributed by atoms with Gasteiger partial charge in [0.2, 0.25) is 0 Å². The van der Waals surface area contributed by atoms with E-state index in [0.717, 1.165) is 6.42 Å². The standard InChI is InChI=1S/C9H12ClIN2O2/c1-2-4-15-5-3-13-6-12-8(10)7(11)9(13)14/h6H,2-5H2,1H3. The van der Waals surface area contributed by atoms with Gasteiger partial charge in [-0.2, -0.15) is 0 Å². The lowest BCUT2D eigenvalue weighted by atomic mass is 10.5. The van der Waals surface area contributed by atoms with Crippen LogP contribution in [0.4, 0.5) is 0 Å². The van der Waals surface area contributed by atoms with Crippen LogP contribution in [0.15, 0.2) is 11.1 Å². The third kappa shape index (κ3) is 3.73. The molecule has 0 bridgehead atoms. The van der Waals surface area contributed by atoms with Crippen LogP contribution >= 0.6 is 34.2 Å². The molecule has 1 aromatic rings. The Hall–Kier alpha value is -0.140. The summed E-state index contributed by atoms with van der Waals surface area (Å²) >= 11 is 7.60. The third-order valence-electron chi connectivity index (χ3n) is 1.77. The Kier molecular flexibility index (Phi) is 5.55. The Balaban J connectivity index is 2.63. The van der Waals surface area contributed by atoms with E-state index < -0.39 is 0 Å². The van der Waals surface area contributed by atoms with Crippen molar-refractivity contribution in [3.05, 3.63) is 25.4 Å². The van der Waals surface area contributed by atoms with Gasteiger partial charge in [0, 0.05) is 6.61 Å². The maximum Gasteiger partial charge on any atom is 0.268 e. The number of aromatic nitrogens is 2. The van der Waals surface area contributed by atoms with E-state index in [2.05, 4.69) is 4.98 Å². The summed E-state index contributed by atoms with van der Waals surface area (Å²) in [7, 11) is 0. The normalized spacial score (nSPS) is 10.6. The van der Waals surface area contributed by atoms with E-state index >= 15 is 0 Å². The fraction of sp³-hybridized carbons (Fsp3) is 0.556. The lowest BCUT2D eigenvalue weighted by molar-refractivity contribution is 0.126. The summed E-state index contributed by atoms with van der Waals surface area (Å²) in [6.45, 7) is 3.79. The molecule has 0 aliphatic heterocycles. The van der Waals surface area contributed by atoms with Crippen LogP contribution in [0.2, 0.25) is 5.15 Å². The number of ether oxygens (including phenoxy) is 1. The molecule has 0 radical (unpaired) electrons. The zero-order valence-electron chi connectivity index (χ0n) is 8.37. The smallest absolute Gasteiger partial charge is 0.268 e. The zero-order valence-corrected chi connectivity index (χ0v) is 11.3. The van der Waals surface area contributed by atoms with Crippen LogP contribution in [-0.4, -0.2) is 22.8 Å². The van der Waals surface area contributed by atoms with Gasteiger partial charge in [0.25, 0.3) is 5.56 Å². The minimum absolute atomic E-state index is 0.115. The van der Waals surface area contributed by atoms with Gasteiger partial charge >= 0.3 is 0 Å². The maximum absolute atomic E-state index is 11.6. The van der Waals surface area contributed by atoms with Crippen LogP contribution in [0.25, 0.3) is 0 Å². The van der Waals surface area contributed by atoms with E-state index in [1.165, 1.54) is 10.9 Å². The Morgan fingerprint density at radius 2 is 2.33 bits per heavy atom. The monoisotopic (exact) mass is 342 g/mol. The number of hydrogen-bond donors (Lipinski definition) is 0. The van der Waals surface area contributed by atoms with Gasteiger partial charge in [0.15, 0.2) is 0 Å². The maximum atomic E-state index is 11.6. The molecule has 4 nitrogen and oxygen atoms in total. The number of rotatable bonds is 5. The topological polar surface area (TPSA) is 44.1 Å². The highest BCUT2D eigenvalue weighted by molar-refractivity contribution is 14.1. The van der Waals surface area contributed by atoms with Crippen LogP contribution in [0.3, 0.4) is 0 Å². The molecule has 0 atom stereocenters. The van der Waals surface area contributed by atoms with Crippen molar-refractivity contribution in [1.29, 1.82) is 0 Å². The first-order chi connectivity index (χ1) is 7.16. The van der Waals surface area contributed by atoms with E-state index in [0.29, 0.717) is 23.3 Å². The van der Waals surface area contributed by atoms with E-state index in [1.807, 2.05) is 29.5 Å². The molecule has 0 unspecified atom stereocenters. The van der Waals surface area contributed by atoms with Gasteiger partial charge in [-0.25, -0.2) is 4.98 Å². The molecule has 0 spiro atoms. The van der Waals surface area contributed by atoms with E-state index in [-0.39, 0.29) is 10.7 Å². The molecular formula is C9H12ClIN2O2. The summed E-state index contributed by atoms with van der Waals surface area (Å²) in [6.07, 6.45) is 2.42. The van der Waals surface area contributed by atoms with Crippen LogP contribution in [0.1, 0.15) is 13.3 Å². The summed E-state index contributed by atoms with van der Waals surface area (Å²) in [6, 6.07) is 0. The van der Waals surface area contributed by atoms with Crippen molar-refractivity contribution < 1.29 is 4.74 Å². The molecule has 0 saturated carbocycles. The SMILES string of the molecule is CCCOCCn1cnc(Cl)c(I)c1=O. The van der Waals surface area contributed by atoms with Crippen LogP contribution < -0.4 is 5.56 Å². The molecule has 1 aromatic heterocycles. The first-order valence-corrected chi connectivity index (χ1v) is 6.10. The first-order valence-electron chi connectivity index (χ1n) is 4.65. The van der Waals surface area contributed by atoms with Gasteiger partial charge < -0.3 is 4.74 Å². The molecular weight excluding hydrogens is 330 g/mol. The highest BCUT2D eigenvalue weighted by Gasteiger charge is 2.05. The minimum atomic E-state index is -0.115. The van der Waals surface area contributed by atoms with Crippen molar-refractivity contribution in [3.63, 3.8) is 0 Å². The molecule has 0 fully saturated rings. The molecule has 0 aliphatic carbocycles. The van der Waals surface area contributed by atoms with Crippen LogP contribution in [0.5, 0.6) is 0 Å². The number of hydrogen-bond acceptors (Lipinski definition) is 3. The fourth-order valence-electron chi connectivity index (χ4n) is 1.01. The average molecular weight is 343 g/mol. The Bertz CT molecular complexity index is 381. The van der Waals surface area contributed by atoms with Gasteiger partial charge in [-0.1, -0.05) is 18.5 Å². The number of nitrogens with zero attached hydrogens (tertiary/aromatic N) is 2. The van der Waals surface area contributed by atoms with Crippen molar-refractivity contribution >= 4 is 34.2 Å². The second kappa shape index (κ2) is 6.44. The Morgan fingerprint density at radius 3 is 3.00 bits per heavy atom. The van der Waals surface area contributed by atoms with Crippen molar-refractivity contribution in [1.82, 2.24) is 9.55 Å². The molecule has 6 heteroatoms. The quantitative estimate of drug-likeness (QED) is 0.466. The second-order valence-electron chi connectivity index (χ2n) is 2.96. The third-order valence-corrected chi connectivity index (χ3v) is 3.34. The van der Waals surface area contributed by atoms with Crippen LogP contribution in [-0.2, 0) is 11.3 Å². The van der Waals surface area contributed by atoms with Crippen molar-refractivity contribution in [2.24, 2.45) is 0 Å². The molecule has 84 valence electrons. The van der Waals surface area contributed by atoms with E-state index in [9.17, 15) is 4.79 Å². The summed E-state index contributed by atoms with van der Waals surface area (Å²) in [4.78, 5) is 15.5. The molecule has 1 heterocycles. The summed E-state index contributed by atoms with van der Waals surface area (Å²) in [5.74, 6) is 0. The highest BCUT2D eigenvalue weighted by atomic mass is 127. The largest absolute Gasteiger partial charge is 0.380 e. The van der Waals surface area contributed by atoms with Gasteiger partial charge in [-0.05, 0) is 29.0 Å².